The fraction of sp³-hybridized carbons (Fsp3) is 0.467. The fourth-order valence-corrected chi connectivity index (χ4v) is 2.84. The molecule has 21 heavy (non-hydrogen) atoms. The normalized spacial score (nSPS) is 22.8. The van der Waals surface area contributed by atoms with Gasteiger partial charge in [-0.25, -0.2) is 0 Å². The van der Waals surface area contributed by atoms with Crippen molar-refractivity contribution in [2.75, 3.05) is 0 Å². The number of aliphatic hydroxyl groups is 1. The summed E-state index contributed by atoms with van der Waals surface area (Å²) < 4.78 is 0. The molecule has 1 saturated carbocycles. The summed E-state index contributed by atoms with van der Waals surface area (Å²) in [5.74, 6) is -0.965. The Morgan fingerprint density at radius 3 is 2.62 bits per heavy atom. The van der Waals surface area contributed by atoms with Crippen LogP contribution in [0, 0.1) is 5.92 Å². The summed E-state index contributed by atoms with van der Waals surface area (Å²) in [4.78, 5) is 23.2. The molecule has 1 aliphatic carbocycles. The predicted molar refractivity (Wildman–Crippen MR) is 79.5 cm³/mol. The molecule has 3 atom stereocenters. The van der Waals surface area contributed by atoms with Crippen molar-refractivity contribution in [1.29, 1.82) is 0 Å². The van der Waals surface area contributed by atoms with Crippen LogP contribution < -0.4 is 11.1 Å². The highest BCUT2D eigenvalue weighted by atomic mass is 35.5. The van der Waals surface area contributed by atoms with E-state index in [1.54, 1.807) is 24.3 Å². The van der Waals surface area contributed by atoms with E-state index in [0.717, 1.165) is 12.8 Å². The van der Waals surface area contributed by atoms with Gasteiger partial charge in [0.25, 0.3) is 0 Å². The van der Waals surface area contributed by atoms with E-state index in [9.17, 15) is 14.7 Å². The lowest BCUT2D eigenvalue weighted by Crippen LogP contribution is -2.42. The quantitative estimate of drug-likeness (QED) is 0.770. The maximum absolute atomic E-state index is 12.0. The maximum atomic E-state index is 12.0. The zero-order chi connectivity index (χ0) is 15.4. The van der Waals surface area contributed by atoms with Crippen LogP contribution in [0.2, 0.25) is 5.02 Å². The molecule has 2 rings (SSSR count). The lowest BCUT2D eigenvalue weighted by atomic mass is 10.0. The van der Waals surface area contributed by atoms with Crippen LogP contribution in [0.4, 0.5) is 0 Å². The van der Waals surface area contributed by atoms with E-state index in [4.69, 9.17) is 17.3 Å². The highest BCUT2D eigenvalue weighted by Crippen LogP contribution is 2.26. The topological polar surface area (TPSA) is 92.4 Å². The second-order valence-corrected chi connectivity index (χ2v) is 5.82. The monoisotopic (exact) mass is 310 g/mol. The molecule has 0 aromatic heterocycles. The molecule has 0 saturated heterocycles. The van der Waals surface area contributed by atoms with Crippen LogP contribution in [0.25, 0.3) is 0 Å². The number of amides is 2. The average Bonchev–Trinajstić information content (AvgIpc) is 2.87. The number of carbonyl (C=O) groups is 2. The molecule has 6 heteroatoms. The largest absolute Gasteiger partial charge is 0.388 e. The van der Waals surface area contributed by atoms with Gasteiger partial charge in [-0.2, -0.15) is 0 Å². The number of hydrogen-bond acceptors (Lipinski definition) is 3. The highest BCUT2D eigenvalue weighted by Gasteiger charge is 2.32. The second kappa shape index (κ2) is 6.91. The number of rotatable bonds is 5. The van der Waals surface area contributed by atoms with E-state index in [0.29, 0.717) is 17.0 Å². The molecular formula is C15H19ClN2O3. The van der Waals surface area contributed by atoms with Gasteiger partial charge in [0.1, 0.15) is 0 Å². The van der Waals surface area contributed by atoms with Gasteiger partial charge in [0.15, 0.2) is 0 Å². The van der Waals surface area contributed by atoms with Crippen LogP contribution in [0.3, 0.4) is 0 Å². The Kier molecular flexibility index (Phi) is 5.20. The third kappa shape index (κ3) is 4.19. The zero-order valence-electron chi connectivity index (χ0n) is 11.6. The number of halogens is 1. The number of nitrogens with one attached hydrogen (secondary N) is 1. The number of benzene rings is 1. The first-order valence-corrected chi connectivity index (χ1v) is 7.37. The van der Waals surface area contributed by atoms with Gasteiger partial charge in [0, 0.05) is 11.1 Å². The van der Waals surface area contributed by atoms with Gasteiger partial charge < -0.3 is 16.2 Å². The number of carbonyl (C=O) groups excluding carboxylic acids is 2. The molecule has 1 fully saturated rings. The van der Waals surface area contributed by atoms with Crippen LogP contribution in [0.15, 0.2) is 24.3 Å². The van der Waals surface area contributed by atoms with Crippen molar-refractivity contribution in [3.63, 3.8) is 0 Å². The Bertz CT molecular complexity index is 518. The summed E-state index contributed by atoms with van der Waals surface area (Å²) in [6.45, 7) is 0. The molecule has 1 aromatic carbocycles. The first kappa shape index (κ1) is 15.8. The third-order valence-electron chi connectivity index (χ3n) is 3.86. The number of nitrogens with two attached hydrogens (primary N) is 1. The Morgan fingerprint density at radius 1 is 1.33 bits per heavy atom. The minimum absolute atomic E-state index is 0.0520. The number of primary amides is 1. The van der Waals surface area contributed by atoms with Crippen molar-refractivity contribution >= 4 is 23.4 Å². The van der Waals surface area contributed by atoms with Gasteiger partial charge in [-0.3, -0.25) is 9.59 Å². The van der Waals surface area contributed by atoms with E-state index in [-0.39, 0.29) is 30.2 Å². The third-order valence-corrected chi connectivity index (χ3v) is 4.11. The first-order valence-electron chi connectivity index (χ1n) is 6.99. The summed E-state index contributed by atoms with van der Waals surface area (Å²) in [5.41, 5.74) is 5.95. The summed E-state index contributed by atoms with van der Waals surface area (Å²) in [6.07, 6.45) is 1.38. The number of hydrogen-bond donors (Lipinski definition) is 3. The molecule has 114 valence electrons. The van der Waals surface area contributed by atoms with E-state index in [1.165, 1.54) is 0 Å². The van der Waals surface area contributed by atoms with Gasteiger partial charge in [-0.05, 0) is 30.5 Å². The molecule has 1 aliphatic rings. The molecule has 0 aliphatic heterocycles. The van der Waals surface area contributed by atoms with Crippen molar-refractivity contribution in [3.8, 4) is 0 Å². The lowest BCUT2D eigenvalue weighted by Gasteiger charge is -2.19. The van der Waals surface area contributed by atoms with Crippen molar-refractivity contribution < 1.29 is 14.7 Å². The van der Waals surface area contributed by atoms with Gasteiger partial charge >= 0.3 is 0 Å². The summed E-state index contributed by atoms with van der Waals surface area (Å²) >= 11 is 5.78. The molecule has 5 nitrogen and oxygen atoms in total. The Balaban J connectivity index is 1.89. The van der Waals surface area contributed by atoms with Gasteiger partial charge in [-0.1, -0.05) is 30.2 Å². The van der Waals surface area contributed by atoms with Crippen LogP contribution in [-0.2, 0) is 9.59 Å². The van der Waals surface area contributed by atoms with Crippen LogP contribution in [0.5, 0.6) is 0 Å². The number of aliphatic hydroxyl groups excluding tert-OH is 1. The first-order chi connectivity index (χ1) is 9.97. The average molecular weight is 311 g/mol. The molecule has 1 aromatic rings. The Hall–Kier alpha value is -1.59. The summed E-state index contributed by atoms with van der Waals surface area (Å²) in [7, 11) is 0. The molecule has 2 amide bonds. The van der Waals surface area contributed by atoms with Crippen LogP contribution >= 0.6 is 11.6 Å². The van der Waals surface area contributed by atoms with Gasteiger partial charge in [0.2, 0.25) is 11.8 Å². The smallest absolute Gasteiger partial charge is 0.223 e. The van der Waals surface area contributed by atoms with Crippen molar-refractivity contribution in [3.05, 3.63) is 34.9 Å². The van der Waals surface area contributed by atoms with Gasteiger partial charge in [-0.15, -0.1) is 0 Å². The fourth-order valence-electron chi connectivity index (χ4n) is 2.72. The molecule has 0 spiro atoms. The van der Waals surface area contributed by atoms with E-state index < -0.39 is 6.10 Å². The zero-order valence-corrected chi connectivity index (χ0v) is 12.3. The molecule has 4 N–H and O–H groups in total. The SMILES string of the molecule is NC(=O)C1CCCC1NC(=O)CC(O)c1ccc(Cl)cc1. The highest BCUT2D eigenvalue weighted by molar-refractivity contribution is 6.30. The Labute approximate surface area is 128 Å². The molecular weight excluding hydrogens is 292 g/mol. The Morgan fingerprint density at radius 2 is 2.00 bits per heavy atom. The maximum Gasteiger partial charge on any atom is 0.223 e. The lowest BCUT2D eigenvalue weighted by molar-refractivity contribution is -0.125. The minimum Gasteiger partial charge on any atom is -0.388 e. The van der Waals surface area contributed by atoms with E-state index in [1.807, 2.05) is 0 Å². The predicted octanol–water partition coefficient (Wildman–Crippen LogP) is 1.53. The van der Waals surface area contributed by atoms with Crippen LogP contribution in [0.1, 0.15) is 37.4 Å². The standard InChI is InChI=1S/C15H19ClN2O3/c16-10-6-4-9(5-7-10)13(19)8-14(20)18-12-3-1-2-11(12)15(17)21/h4-7,11-13,19H,1-3,8H2,(H2,17,21)(H,18,20). The van der Waals surface area contributed by atoms with Crippen molar-refractivity contribution in [2.45, 2.75) is 37.8 Å². The summed E-state index contributed by atoms with van der Waals surface area (Å²) in [6, 6.07) is 6.48. The van der Waals surface area contributed by atoms with E-state index >= 15 is 0 Å². The molecule has 0 bridgehead atoms. The van der Waals surface area contributed by atoms with Crippen molar-refractivity contribution in [2.24, 2.45) is 11.7 Å². The van der Waals surface area contributed by atoms with Gasteiger partial charge in [0.05, 0.1) is 18.4 Å². The molecule has 0 heterocycles. The van der Waals surface area contributed by atoms with Crippen LogP contribution in [-0.4, -0.2) is 23.0 Å². The minimum atomic E-state index is -0.893. The van der Waals surface area contributed by atoms with E-state index in [2.05, 4.69) is 5.32 Å². The summed E-state index contributed by atoms with van der Waals surface area (Å²) in [5, 5.41) is 13.4. The second-order valence-electron chi connectivity index (χ2n) is 5.39. The molecule has 3 unspecified atom stereocenters. The van der Waals surface area contributed by atoms with Crippen molar-refractivity contribution in [1.82, 2.24) is 5.32 Å². The molecule has 0 radical (unpaired) electrons.